The zero-order valence-corrected chi connectivity index (χ0v) is 13.9. The zero-order chi connectivity index (χ0) is 15.0. The predicted molar refractivity (Wildman–Crippen MR) is 83.5 cm³/mol. The van der Waals surface area contributed by atoms with Crippen molar-refractivity contribution in [2.75, 3.05) is 0 Å². The van der Waals surface area contributed by atoms with Crippen LogP contribution in [-0.2, 0) is 0 Å². The zero-order valence-electron chi connectivity index (χ0n) is 13.9. The highest BCUT2D eigenvalue weighted by Gasteiger charge is 2.50. The molecule has 2 saturated carbocycles. The summed E-state index contributed by atoms with van der Waals surface area (Å²) < 4.78 is 0. The Labute approximate surface area is 125 Å². The molecule has 6 atom stereocenters. The average Bonchev–Trinajstić information content (AvgIpc) is 2.64. The van der Waals surface area contributed by atoms with Gasteiger partial charge in [-0.25, -0.2) is 0 Å². The summed E-state index contributed by atoms with van der Waals surface area (Å²) in [4.78, 5) is 0. The van der Waals surface area contributed by atoms with E-state index in [0.29, 0.717) is 5.92 Å². The second-order valence-corrected chi connectivity index (χ2v) is 8.03. The van der Waals surface area contributed by atoms with Crippen LogP contribution >= 0.6 is 0 Å². The van der Waals surface area contributed by atoms with Crippen LogP contribution < -0.4 is 0 Å². The van der Waals surface area contributed by atoms with Gasteiger partial charge in [-0.3, -0.25) is 0 Å². The molecule has 2 aliphatic carbocycles. The maximum Gasteiger partial charge on any atom is 0.0649 e. The van der Waals surface area contributed by atoms with Crippen LogP contribution in [0, 0.1) is 22.7 Å². The largest absolute Gasteiger partial charge is 0.392 e. The van der Waals surface area contributed by atoms with Crippen molar-refractivity contribution in [2.45, 2.75) is 91.3 Å². The fraction of sp³-hybridized carbons (Fsp3) is 1.00. The summed E-state index contributed by atoms with van der Waals surface area (Å²) in [5.41, 5.74) is -0.0290. The van der Waals surface area contributed by atoms with E-state index in [1.807, 2.05) is 0 Å². The van der Waals surface area contributed by atoms with Gasteiger partial charge < -0.3 is 10.2 Å². The summed E-state index contributed by atoms with van der Waals surface area (Å²) in [6, 6.07) is 0. The van der Waals surface area contributed by atoms with Crippen LogP contribution in [0.25, 0.3) is 0 Å². The highest BCUT2D eigenvalue weighted by molar-refractivity contribution is 5.00. The molecule has 0 bridgehead atoms. The Morgan fingerprint density at radius 1 is 0.850 bits per heavy atom. The molecule has 2 fully saturated rings. The Balaban J connectivity index is 2.35. The molecule has 2 aliphatic rings. The molecule has 2 N–H and O–H groups in total. The van der Waals surface area contributed by atoms with E-state index in [1.54, 1.807) is 0 Å². The Hall–Kier alpha value is -0.0800. The smallest absolute Gasteiger partial charge is 0.0649 e. The minimum absolute atomic E-state index is 0.0145. The second kappa shape index (κ2) is 5.96. The van der Waals surface area contributed by atoms with Gasteiger partial charge in [-0.05, 0) is 55.3 Å². The molecule has 2 rings (SSSR count). The van der Waals surface area contributed by atoms with Crippen molar-refractivity contribution in [3.8, 4) is 0 Å². The lowest BCUT2D eigenvalue weighted by atomic mass is 9.66. The maximum absolute atomic E-state index is 11.1. The first-order valence-electron chi connectivity index (χ1n) is 8.74. The predicted octanol–water partition coefficient (Wildman–Crippen LogP) is 4.14. The minimum atomic E-state index is -0.348. The van der Waals surface area contributed by atoms with Crippen LogP contribution in [0.4, 0.5) is 0 Å². The third-order valence-corrected chi connectivity index (χ3v) is 6.96. The van der Waals surface area contributed by atoms with Gasteiger partial charge in [0.05, 0.1) is 12.2 Å². The topological polar surface area (TPSA) is 40.5 Å². The minimum Gasteiger partial charge on any atom is -0.392 e. The number of hydrogen-bond donors (Lipinski definition) is 2. The van der Waals surface area contributed by atoms with Crippen LogP contribution in [0.5, 0.6) is 0 Å². The number of rotatable bonds is 2. The normalized spacial score (nSPS) is 50.1. The van der Waals surface area contributed by atoms with E-state index in [1.165, 1.54) is 25.7 Å². The summed E-state index contributed by atoms with van der Waals surface area (Å²) in [6.45, 7) is 8.82. The molecule has 0 heterocycles. The van der Waals surface area contributed by atoms with Gasteiger partial charge in [0.2, 0.25) is 0 Å². The molecule has 2 heteroatoms. The van der Waals surface area contributed by atoms with Crippen LogP contribution in [0.15, 0.2) is 0 Å². The molecular weight excluding hydrogens is 248 g/mol. The molecule has 0 radical (unpaired) electrons. The highest BCUT2D eigenvalue weighted by Crippen LogP contribution is 2.51. The first-order chi connectivity index (χ1) is 9.38. The molecule has 0 spiro atoms. The fourth-order valence-corrected chi connectivity index (χ4v) is 4.75. The van der Waals surface area contributed by atoms with E-state index in [2.05, 4.69) is 27.7 Å². The Morgan fingerprint density at radius 3 is 1.60 bits per heavy atom. The molecule has 4 unspecified atom stereocenters. The fourth-order valence-electron chi connectivity index (χ4n) is 4.75. The van der Waals surface area contributed by atoms with Gasteiger partial charge >= 0.3 is 0 Å². The number of hydrogen-bond acceptors (Lipinski definition) is 2. The van der Waals surface area contributed by atoms with Gasteiger partial charge in [0.1, 0.15) is 0 Å². The van der Waals surface area contributed by atoms with Crippen LogP contribution in [0.1, 0.15) is 79.1 Å². The molecule has 0 amide bonds. The van der Waals surface area contributed by atoms with E-state index in [4.69, 9.17) is 0 Å². The van der Waals surface area contributed by atoms with Crippen LogP contribution in [-0.4, -0.2) is 22.4 Å². The Kier molecular flexibility index (Phi) is 4.86. The lowest BCUT2D eigenvalue weighted by molar-refractivity contribution is -0.107. The first-order valence-corrected chi connectivity index (χ1v) is 8.74. The van der Waals surface area contributed by atoms with E-state index < -0.39 is 0 Å². The molecule has 0 aromatic heterocycles. The van der Waals surface area contributed by atoms with Crippen molar-refractivity contribution in [1.82, 2.24) is 0 Å². The number of fused-ring (bicyclic) bond motifs is 1. The van der Waals surface area contributed by atoms with Crippen LogP contribution in [0.3, 0.4) is 0 Å². The van der Waals surface area contributed by atoms with Gasteiger partial charge in [-0.1, -0.05) is 40.5 Å². The van der Waals surface area contributed by atoms with E-state index in [-0.39, 0.29) is 29.0 Å². The van der Waals surface area contributed by atoms with Crippen molar-refractivity contribution >= 4 is 0 Å². The monoisotopic (exact) mass is 282 g/mol. The van der Waals surface area contributed by atoms with Gasteiger partial charge in [0.15, 0.2) is 0 Å². The quantitative estimate of drug-likeness (QED) is 0.799. The second-order valence-electron chi connectivity index (χ2n) is 8.03. The molecule has 0 aliphatic heterocycles. The SMILES string of the molecule is CC[C@@]1(C)CCCC2CCC[C@@](C)(CC)C(O)C2C1O. The Morgan fingerprint density at radius 2 is 1.25 bits per heavy atom. The lowest BCUT2D eigenvalue weighted by Gasteiger charge is -2.44. The summed E-state index contributed by atoms with van der Waals surface area (Å²) in [5.74, 6) is 0.594. The first kappa shape index (κ1) is 16.3. The highest BCUT2D eigenvalue weighted by atomic mass is 16.3. The molecule has 20 heavy (non-hydrogen) atoms. The number of aliphatic hydroxyl groups excluding tert-OH is 2. The van der Waals surface area contributed by atoms with Crippen molar-refractivity contribution in [3.05, 3.63) is 0 Å². The van der Waals surface area contributed by atoms with Crippen molar-refractivity contribution in [2.24, 2.45) is 22.7 Å². The van der Waals surface area contributed by atoms with Crippen molar-refractivity contribution in [1.29, 1.82) is 0 Å². The molecule has 118 valence electrons. The van der Waals surface area contributed by atoms with Crippen LogP contribution in [0.2, 0.25) is 0 Å². The number of aliphatic hydroxyl groups is 2. The van der Waals surface area contributed by atoms with Gasteiger partial charge in [0.25, 0.3) is 0 Å². The maximum atomic E-state index is 11.1. The van der Waals surface area contributed by atoms with Crippen molar-refractivity contribution < 1.29 is 10.2 Å². The van der Waals surface area contributed by atoms with Crippen molar-refractivity contribution in [3.63, 3.8) is 0 Å². The average molecular weight is 282 g/mol. The van der Waals surface area contributed by atoms with Gasteiger partial charge in [-0.15, -0.1) is 0 Å². The molecular formula is C18H34O2. The summed E-state index contributed by atoms with van der Waals surface area (Å²) in [5, 5.41) is 22.1. The van der Waals surface area contributed by atoms with E-state index in [0.717, 1.165) is 25.7 Å². The summed E-state index contributed by atoms with van der Waals surface area (Å²) in [7, 11) is 0. The summed E-state index contributed by atoms with van der Waals surface area (Å²) in [6.07, 6.45) is 8.32. The molecule has 0 aromatic carbocycles. The summed E-state index contributed by atoms with van der Waals surface area (Å²) >= 11 is 0. The molecule has 0 aromatic rings. The van der Waals surface area contributed by atoms with Gasteiger partial charge in [-0.2, -0.15) is 0 Å². The lowest BCUT2D eigenvalue weighted by Crippen LogP contribution is -2.49. The Bertz CT molecular complexity index is 299. The van der Waals surface area contributed by atoms with E-state index >= 15 is 0 Å². The van der Waals surface area contributed by atoms with Gasteiger partial charge in [0, 0.05) is 5.92 Å². The third kappa shape index (κ3) is 2.66. The molecule has 0 saturated heterocycles. The third-order valence-electron chi connectivity index (χ3n) is 6.96. The standard InChI is InChI=1S/C18H34O2/c1-5-17(3)11-7-9-13-10-8-12-18(4,6-2)16(20)14(13)15(17)19/h13-16,19-20H,5-12H2,1-4H3/t13?,14?,15?,16?,17-,18+. The molecule has 2 nitrogen and oxygen atoms in total. The van der Waals surface area contributed by atoms with E-state index in [9.17, 15) is 10.2 Å².